The predicted octanol–water partition coefficient (Wildman–Crippen LogP) is 2.56. The van der Waals surface area contributed by atoms with Gasteiger partial charge in [0.15, 0.2) is 0 Å². The van der Waals surface area contributed by atoms with E-state index in [2.05, 4.69) is 4.98 Å². The Morgan fingerprint density at radius 2 is 1.78 bits per heavy atom. The van der Waals surface area contributed by atoms with E-state index in [1.54, 1.807) is 12.5 Å². The standard InChI is InChI=1S/C20H21N3O2S.H2O/c1-26(25)18-7-5-17(6-8-18)23-12-9-15-13-16(14-21-19(15)23)20(24)22-10-3-2-4-11-22;/h5-9,12-14H,2-4,10-11H2,1H3;1H2. The molecule has 1 unspecified atom stereocenters. The Kier molecular flexibility index (Phi) is 5.72. The molecule has 6 nitrogen and oxygen atoms in total. The number of hydrogen-bond acceptors (Lipinski definition) is 3. The Morgan fingerprint density at radius 1 is 1.07 bits per heavy atom. The quantitative estimate of drug-likeness (QED) is 0.694. The van der Waals surface area contributed by atoms with Crippen LogP contribution in [0, 0.1) is 0 Å². The van der Waals surface area contributed by atoms with E-state index in [4.69, 9.17) is 0 Å². The van der Waals surface area contributed by atoms with Crippen LogP contribution in [-0.2, 0) is 10.8 Å². The van der Waals surface area contributed by atoms with Crippen LogP contribution in [0.25, 0.3) is 16.7 Å². The number of aromatic nitrogens is 2. The fourth-order valence-corrected chi connectivity index (χ4v) is 3.95. The van der Waals surface area contributed by atoms with Crippen LogP contribution in [0.2, 0.25) is 0 Å². The summed E-state index contributed by atoms with van der Waals surface area (Å²) in [5.74, 6) is 0.0710. The van der Waals surface area contributed by atoms with Crippen LogP contribution >= 0.6 is 0 Å². The lowest BCUT2D eigenvalue weighted by molar-refractivity contribution is 0.0724. The molecule has 0 aliphatic carbocycles. The fraction of sp³-hybridized carbons (Fsp3) is 0.300. The largest absolute Gasteiger partial charge is 0.412 e. The molecular weight excluding hydrogens is 362 g/mol. The summed E-state index contributed by atoms with van der Waals surface area (Å²) in [6.45, 7) is 1.67. The minimum absolute atomic E-state index is 0. The fourth-order valence-electron chi connectivity index (χ4n) is 3.43. The number of carbonyl (C=O) groups is 1. The van der Waals surface area contributed by atoms with E-state index in [1.165, 1.54) is 6.42 Å². The molecule has 7 heteroatoms. The number of likely N-dealkylation sites (tertiary alicyclic amines) is 1. The number of piperidine rings is 1. The molecule has 0 radical (unpaired) electrons. The molecule has 3 aromatic rings. The molecule has 2 aromatic heterocycles. The zero-order valence-corrected chi connectivity index (χ0v) is 16.0. The molecule has 1 atom stereocenters. The second-order valence-corrected chi connectivity index (χ2v) is 8.00. The Bertz CT molecular complexity index is 976. The maximum Gasteiger partial charge on any atom is 0.255 e. The molecule has 3 heterocycles. The molecular formula is C20H23N3O3S. The van der Waals surface area contributed by atoms with Gasteiger partial charge >= 0.3 is 0 Å². The third kappa shape index (κ3) is 3.79. The first-order valence-corrected chi connectivity index (χ1v) is 10.4. The van der Waals surface area contributed by atoms with Gasteiger partial charge in [0.2, 0.25) is 0 Å². The minimum Gasteiger partial charge on any atom is -0.412 e. The maximum atomic E-state index is 12.7. The molecule has 27 heavy (non-hydrogen) atoms. The third-order valence-corrected chi connectivity index (χ3v) is 5.80. The van der Waals surface area contributed by atoms with E-state index < -0.39 is 10.8 Å². The van der Waals surface area contributed by atoms with Crippen LogP contribution in [-0.4, -0.2) is 49.4 Å². The lowest BCUT2D eigenvalue weighted by Crippen LogP contribution is -2.35. The minimum atomic E-state index is -0.989. The number of rotatable bonds is 3. The molecule has 1 fully saturated rings. The van der Waals surface area contributed by atoms with E-state index in [0.717, 1.165) is 47.5 Å². The van der Waals surface area contributed by atoms with Crippen LogP contribution in [0.3, 0.4) is 0 Å². The zero-order chi connectivity index (χ0) is 18.1. The average Bonchev–Trinajstić information content (AvgIpc) is 3.11. The molecule has 1 saturated heterocycles. The van der Waals surface area contributed by atoms with Gasteiger partial charge in [-0.2, -0.15) is 0 Å². The van der Waals surface area contributed by atoms with Gasteiger partial charge in [0.1, 0.15) is 5.65 Å². The first kappa shape index (κ1) is 19.3. The van der Waals surface area contributed by atoms with Gasteiger partial charge in [0.25, 0.3) is 5.91 Å². The van der Waals surface area contributed by atoms with Crippen molar-refractivity contribution in [2.24, 2.45) is 0 Å². The highest BCUT2D eigenvalue weighted by Crippen LogP contribution is 2.22. The number of amides is 1. The number of carbonyl (C=O) groups excluding carboxylic acids is 1. The van der Waals surface area contributed by atoms with Gasteiger partial charge in [0.05, 0.1) is 5.56 Å². The Hall–Kier alpha value is -2.51. The second-order valence-electron chi connectivity index (χ2n) is 6.62. The van der Waals surface area contributed by atoms with Crippen molar-refractivity contribution >= 4 is 27.7 Å². The molecule has 1 aliphatic heterocycles. The lowest BCUT2D eigenvalue weighted by atomic mass is 10.1. The van der Waals surface area contributed by atoms with Gasteiger partial charge in [-0.15, -0.1) is 0 Å². The van der Waals surface area contributed by atoms with Crippen LogP contribution in [0.5, 0.6) is 0 Å². The Labute approximate surface area is 160 Å². The summed E-state index contributed by atoms with van der Waals surface area (Å²) >= 11 is 0. The second kappa shape index (κ2) is 8.02. The van der Waals surface area contributed by atoms with Crippen molar-refractivity contribution < 1.29 is 14.5 Å². The first-order chi connectivity index (χ1) is 12.6. The third-order valence-electron chi connectivity index (χ3n) is 4.86. The Morgan fingerprint density at radius 3 is 2.44 bits per heavy atom. The SMILES string of the molecule is CS(=O)c1ccc(-n2ccc3cc(C(=O)N4CCCCC4)cnc32)cc1.O. The highest BCUT2D eigenvalue weighted by atomic mass is 32.2. The van der Waals surface area contributed by atoms with Crippen LogP contribution in [0.4, 0.5) is 0 Å². The van der Waals surface area contributed by atoms with E-state index >= 15 is 0 Å². The van der Waals surface area contributed by atoms with E-state index in [0.29, 0.717) is 5.56 Å². The topological polar surface area (TPSA) is 86.7 Å². The van der Waals surface area contributed by atoms with E-state index in [9.17, 15) is 9.00 Å². The van der Waals surface area contributed by atoms with Crippen molar-refractivity contribution in [1.29, 1.82) is 0 Å². The predicted molar refractivity (Wildman–Crippen MR) is 107 cm³/mol. The van der Waals surface area contributed by atoms with Crippen LogP contribution < -0.4 is 0 Å². The van der Waals surface area contributed by atoms with Crippen LogP contribution in [0.1, 0.15) is 29.6 Å². The van der Waals surface area contributed by atoms with Gasteiger partial charge in [0, 0.05) is 58.5 Å². The van der Waals surface area contributed by atoms with Crippen LogP contribution in [0.15, 0.2) is 53.7 Å². The number of nitrogens with zero attached hydrogens (tertiary/aromatic N) is 3. The molecule has 4 rings (SSSR count). The van der Waals surface area contributed by atoms with Crippen molar-refractivity contribution in [3.05, 3.63) is 54.4 Å². The summed E-state index contributed by atoms with van der Waals surface area (Å²) in [7, 11) is -0.989. The monoisotopic (exact) mass is 385 g/mol. The Balaban J connectivity index is 0.00000210. The number of hydrogen-bond donors (Lipinski definition) is 0. The number of benzene rings is 1. The highest BCUT2D eigenvalue weighted by Gasteiger charge is 2.19. The van der Waals surface area contributed by atoms with Crippen molar-refractivity contribution in [3.63, 3.8) is 0 Å². The molecule has 142 valence electrons. The number of pyridine rings is 1. The van der Waals surface area contributed by atoms with Gasteiger partial charge < -0.3 is 14.9 Å². The molecule has 2 N–H and O–H groups in total. The van der Waals surface area contributed by atoms with Crippen molar-refractivity contribution in [3.8, 4) is 5.69 Å². The summed E-state index contributed by atoms with van der Waals surface area (Å²) in [4.78, 5) is 19.9. The molecule has 0 spiro atoms. The average molecular weight is 385 g/mol. The zero-order valence-electron chi connectivity index (χ0n) is 15.2. The number of fused-ring (bicyclic) bond motifs is 1. The van der Waals surface area contributed by atoms with Crippen molar-refractivity contribution in [2.45, 2.75) is 24.2 Å². The van der Waals surface area contributed by atoms with Gasteiger partial charge in [-0.1, -0.05) is 0 Å². The van der Waals surface area contributed by atoms with E-state index in [-0.39, 0.29) is 11.4 Å². The van der Waals surface area contributed by atoms with Crippen molar-refractivity contribution in [2.75, 3.05) is 19.3 Å². The molecule has 1 aliphatic rings. The van der Waals surface area contributed by atoms with Gasteiger partial charge in [-0.05, 0) is 55.7 Å². The lowest BCUT2D eigenvalue weighted by Gasteiger charge is -2.26. The van der Waals surface area contributed by atoms with Gasteiger partial charge in [-0.25, -0.2) is 4.98 Å². The first-order valence-electron chi connectivity index (χ1n) is 8.84. The molecule has 0 saturated carbocycles. The summed E-state index contributed by atoms with van der Waals surface area (Å²) in [6.07, 6.45) is 8.65. The smallest absolute Gasteiger partial charge is 0.255 e. The van der Waals surface area contributed by atoms with Crippen molar-refractivity contribution in [1.82, 2.24) is 14.5 Å². The van der Waals surface area contributed by atoms with E-state index in [1.807, 2.05) is 52.1 Å². The van der Waals surface area contributed by atoms with Gasteiger partial charge in [-0.3, -0.25) is 9.00 Å². The summed E-state index contributed by atoms with van der Waals surface area (Å²) in [5, 5.41) is 0.941. The highest BCUT2D eigenvalue weighted by molar-refractivity contribution is 7.84. The summed E-state index contributed by atoms with van der Waals surface area (Å²) in [6, 6.07) is 11.5. The summed E-state index contributed by atoms with van der Waals surface area (Å²) in [5.41, 5.74) is 2.41. The maximum absolute atomic E-state index is 12.7. The molecule has 0 bridgehead atoms. The summed E-state index contributed by atoms with van der Waals surface area (Å²) < 4.78 is 13.5. The molecule has 1 aromatic carbocycles. The normalized spacial score (nSPS) is 15.4. The molecule has 1 amide bonds.